The summed E-state index contributed by atoms with van der Waals surface area (Å²) in [5, 5.41) is 15.4. The van der Waals surface area contributed by atoms with Gasteiger partial charge in [-0.05, 0) is 24.8 Å². The van der Waals surface area contributed by atoms with E-state index in [0.717, 1.165) is 18.1 Å². The van der Waals surface area contributed by atoms with Crippen molar-refractivity contribution >= 4 is 11.8 Å². The summed E-state index contributed by atoms with van der Waals surface area (Å²) in [6, 6.07) is 12.3. The number of aromatic nitrogens is 2. The first-order valence-corrected chi connectivity index (χ1v) is 7.86. The van der Waals surface area contributed by atoms with Gasteiger partial charge in [0.25, 0.3) is 0 Å². The molecule has 1 aromatic carbocycles. The predicted octanol–water partition coefficient (Wildman–Crippen LogP) is 2.76. The molecule has 116 valence electrons. The molecule has 1 aliphatic rings. The number of hydrogen-bond donors (Lipinski definition) is 3. The lowest BCUT2D eigenvalue weighted by molar-refractivity contribution is 0.292. The summed E-state index contributed by atoms with van der Waals surface area (Å²) >= 11 is 0. The minimum absolute atomic E-state index is 0.175. The van der Waals surface area contributed by atoms with Gasteiger partial charge in [-0.1, -0.05) is 30.3 Å². The number of hydrogen-bond acceptors (Lipinski definition) is 5. The SMILES string of the molecule is OCCCNc1nc(NCc2ccccc2)cc(C2CC2)n1. The van der Waals surface area contributed by atoms with Crippen molar-refractivity contribution < 1.29 is 5.11 Å². The Hall–Kier alpha value is -2.14. The van der Waals surface area contributed by atoms with Crippen LogP contribution in [0.5, 0.6) is 0 Å². The highest BCUT2D eigenvalue weighted by atomic mass is 16.3. The zero-order chi connectivity index (χ0) is 15.2. The second-order valence-electron chi connectivity index (χ2n) is 5.62. The van der Waals surface area contributed by atoms with E-state index in [0.29, 0.717) is 24.8 Å². The molecule has 0 radical (unpaired) electrons. The minimum atomic E-state index is 0.175. The van der Waals surface area contributed by atoms with E-state index in [1.54, 1.807) is 0 Å². The largest absolute Gasteiger partial charge is 0.396 e. The van der Waals surface area contributed by atoms with Crippen LogP contribution in [-0.2, 0) is 6.54 Å². The molecule has 0 aliphatic heterocycles. The summed E-state index contributed by atoms with van der Waals surface area (Å²) in [7, 11) is 0. The molecule has 5 nitrogen and oxygen atoms in total. The van der Waals surface area contributed by atoms with Gasteiger partial charge in [0.1, 0.15) is 5.82 Å². The molecule has 0 saturated heterocycles. The van der Waals surface area contributed by atoms with Crippen LogP contribution >= 0.6 is 0 Å². The molecule has 3 N–H and O–H groups in total. The van der Waals surface area contributed by atoms with Gasteiger partial charge in [0.15, 0.2) is 0 Å². The average Bonchev–Trinajstić information content (AvgIpc) is 3.39. The molecule has 5 heteroatoms. The second kappa shape index (κ2) is 7.22. The maximum absolute atomic E-state index is 8.87. The Balaban J connectivity index is 1.68. The highest BCUT2D eigenvalue weighted by Crippen LogP contribution is 2.39. The molecule has 0 unspecified atom stereocenters. The molecule has 1 aromatic heterocycles. The van der Waals surface area contributed by atoms with E-state index >= 15 is 0 Å². The van der Waals surface area contributed by atoms with Crippen LogP contribution in [0.25, 0.3) is 0 Å². The third-order valence-electron chi connectivity index (χ3n) is 3.68. The van der Waals surface area contributed by atoms with E-state index in [1.807, 2.05) is 18.2 Å². The van der Waals surface area contributed by atoms with Crippen LogP contribution in [0.2, 0.25) is 0 Å². The van der Waals surface area contributed by atoms with Gasteiger partial charge in [0.05, 0.1) is 5.69 Å². The van der Waals surface area contributed by atoms with E-state index in [2.05, 4.69) is 38.8 Å². The lowest BCUT2D eigenvalue weighted by Crippen LogP contribution is -2.10. The van der Waals surface area contributed by atoms with Crippen molar-refractivity contribution in [1.82, 2.24) is 9.97 Å². The van der Waals surface area contributed by atoms with Gasteiger partial charge in [0, 0.05) is 31.7 Å². The quantitative estimate of drug-likeness (QED) is 0.654. The number of benzene rings is 1. The Morgan fingerprint density at radius 2 is 1.91 bits per heavy atom. The zero-order valence-electron chi connectivity index (χ0n) is 12.6. The molecule has 0 spiro atoms. The lowest BCUT2D eigenvalue weighted by Gasteiger charge is -2.11. The Kier molecular flexibility index (Phi) is 4.85. The number of aliphatic hydroxyl groups is 1. The van der Waals surface area contributed by atoms with E-state index in [-0.39, 0.29) is 6.61 Å². The maximum atomic E-state index is 8.87. The molecular weight excluding hydrogens is 276 g/mol. The molecule has 1 saturated carbocycles. The zero-order valence-corrected chi connectivity index (χ0v) is 12.6. The van der Waals surface area contributed by atoms with Gasteiger partial charge < -0.3 is 15.7 Å². The van der Waals surface area contributed by atoms with Crippen LogP contribution in [0.15, 0.2) is 36.4 Å². The summed E-state index contributed by atoms with van der Waals surface area (Å²) in [6.45, 7) is 1.61. The smallest absolute Gasteiger partial charge is 0.224 e. The lowest BCUT2D eigenvalue weighted by atomic mass is 10.2. The van der Waals surface area contributed by atoms with Crippen molar-refractivity contribution in [1.29, 1.82) is 0 Å². The van der Waals surface area contributed by atoms with Crippen molar-refractivity contribution in [2.45, 2.75) is 31.7 Å². The third kappa shape index (κ3) is 4.18. The Morgan fingerprint density at radius 3 is 2.64 bits per heavy atom. The fraction of sp³-hybridized carbons (Fsp3) is 0.412. The monoisotopic (exact) mass is 298 g/mol. The number of rotatable bonds is 8. The molecule has 2 aromatic rings. The molecule has 0 atom stereocenters. The van der Waals surface area contributed by atoms with Crippen LogP contribution in [0.4, 0.5) is 11.8 Å². The van der Waals surface area contributed by atoms with E-state index in [4.69, 9.17) is 5.11 Å². The maximum Gasteiger partial charge on any atom is 0.224 e. The van der Waals surface area contributed by atoms with Gasteiger partial charge >= 0.3 is 0 Å². The highest BCUT2D eigenvalue weighted by Gasteiger charge is 2.26. The fourth-order valence-corrected chi connectivity index (χ4v) is 2.29. The van der Waals surface area contributed by atoms with Gasteiger partial charge in [-0.25, -0.2) is 4.98 Å². The topological polar surface area (TPSA) is 70.1 Å². The standard InChI is InChI=1S/C17H22N4O/c22-10-4-9-18-17-20-15(14-7-8-14)11-16(21-17)19-12-13-5-2-1-3-6-13/h1-3,5-6,11,14,22H,4,7-10,12H2,(H2,18,19,20,21). The van der Waals surface area contributed by atoms with Crippen molar-refractivity contribution in [3.8, 4) is 0 Å². The first kappa shape index (κ1) is 14.8. The normalized spacial score (nSPS) is 13.9. The Labute approximate surface area is 130 Å². The first-order valence-electron chi connectivity index (χ1n) is 7.86. The second-order valence-corrected chi connectivity index (χ2v) is 5.62. The van der Waals surface area contributed by atoms with Crippen LogP contribution in [-0.4, -0.2) is 28.2 Å². The van der Waals surface area contributed by atoms with E-state index in [9.17, 15) is 0 Å². The fourth-order valence-electron chi connectivity index (χ4n) is 2.29. The molecule has 22 heavy (non-hydrogen) atoms. The number of anilines is 2. The molecule has 0 amide bonds. The van der Waals surface area contributed by atoms with Crippen molar-refractivity contribution in [2.75, 3.05) is 23.8 Å². The van der Waals surface area contributed by atoms with Crippen LogP contribution in [0.3, 0.4) is 0 Å². The van der Waals surface area contributed by atoms with Gasteiger partial charge in [0.2, 0.25) is 5.95 Å². The number of aliphatic hydroxyl groups excluding tert-OH is 1. The first-order chi connectivity index (χ1) is 10.8. The summed E-state index contributed by atoms with van der Waals surface area (Å²) in [5.74, 6) is 2.08. The summed E-state index contributed by atoms with van der Waals surface area (Å²) < 4.78 is 0. The van der Waals surface area contributed by atoms with Crippen molar-refractivity contribution in [3.05, 3.63) is 47.7 Å². The van der Waals surface area contributed by atoms with Gasteiger partial charge in [-0.3, -0.25) is 0 Å². The number of nitrogens with zero attached hydrogens (tertiary/aromatic N) is 2. The summed E-state index contributed by atoms with van der Waals surface area (Å²) in [6.07, 6.45) is 3.13. The highest BCUT2D eigenvalue weighted by molar-refractivity contribution is 5.44. The Bertz CT molecular complexity index is 599. The number of nitrogens with one attached hydrogen (secondary N) is 2. The van der Waals surface area contributed by atoms with Gasteiger partial charge in [-0.2, -0.15) is 4.98 Å². The average molecular weight is 298 g/mol. The molecule has 3 rings (SSSR count). The molecular formula is C17H22N4O. The third-order valence-corrected chi connectivity index (χ3v) is 3.68. The van der Waals surface area contributed by atoms with Crippen LogP contribution in [0, 0.1) is 0 Å². The molecule has 0 bridgehead atoms. The van der Waals surface area contributed by atoms with Crippen LogP contribution < -0.4 is 10.6 Å². The van der Waals surface area contributed by atoms with Gasteiger partial charge in [-0.15, -0.1) is 0 Å². The van der Waals surface area contributed by atoms with Crippen LogP contribution in [0.1, 0.15) is 36.4 Å². The minimum Gasteiger partial charge on any atom is -0.396 e. The van der Waals surface area contributed by atoms with Crippen molar-refractivity contribution in [2.24, 2.45) is 0 Å². The Morgan fingerprint density at radius 1 is 1.09 bits per heavy atom. The van der Waals surface area contributed by atoms with E-state index < -0.39 is 0 Å². The van der Waals surface area contributed by atoms with E-state index in [1.165, 1.54) is 18.4 Å². The summed E-state index contributed by atoms with van der Waals surface area (Å²) in [5.41, 5.74) is 2.33. The van der Waals surface area contributed by atoms with Crippen molar-refractivity contribution in [3.63, 3.8) is 0 Å². The molecule has 1 fully saturated rings. The predicted molar refractivity (Wildman–Crippen MR) is 88.0 cm³/mol. The molecule has 1 heterocycles. The summed E-state index contributed by atoms with van der Waals surface area (Å²) in [4.78, 5) is 9.09. The molecule has 1 aliphatic carbocycles.